The van der Waals surface area contributed by atoms with Crippen molar-refractivity contribution in [3.8, 4) is 0 Å². The topological polar surface area (TPSA) is 63.4 Å². The number of likely N-dealkylation sites (tertiary alicyclic amines) is 1. The number of rotatable bonds is 2. The van der Waals surface area contributed by atoms with Crippen LogP contribution < -0.4 is 5.73 Å². The van der Waals surface area contributed by atoms with Gasteiger partial charge in [0.15, 0.2) is 0 Å². The summed E-state index contributed by atoms with van der Waals surface area (Å²) >= 11 is 3.22. The lowest BCUT2D eigenvalue weighted by atomic mass is 10.0. The first-order chi connectivity index (χ1) is 9.00. The Morgan fingerprint density at radius 3 is 2.79 bits per heavy atom. The number of carbonyl (C=O) groups excluding carboxylic acids is 2. The summed E-state index contributed by atoms with van der Waals surface area (Å²) in [5, 5.41) is 0. The number of nitrogens with zero attached hydrogens (tertiary/aromatic N) is 1. The summed E-state index contributed by atoms with van der Waals surface area (Å²) in [5.41, 5.74) is 5.54. The van der Waals surface area contributed by atoms with E-state index < -0.39 is 17.8 Å². The highest BCUT2D eigenvalue weighted by atomic mass is 79.9. The van der Waals surface area contributed by atoms with E-state index in [-0.39, 0.29) is 11.5 Å². The molecule has 1 aromatic rings. The Labute approximate surface area is 118 Å². The van der Waals surface area contributed by atoms with Crippen molar-refractivity contribution in [3.63, 3.8) is 0 Å². The number of benzene rings is 1. The van der Waals surface area contributed by atoms with Gasteiger partial charge in [0.25, 0.3) is 5.91 Å². The summed E-state index contributed by atoms with van der Waals surface area (Å²) in [4.78, 5) is 25.2. The molecule has 2 N–H and O–H groups in total. The molecule has 1 unspecified atom stereocenters. The van der Waals surface area contributed by atoms with E-state index in [0.717, 1.165) is 12.8 Å². The number of amides is 2. The monoisotopic (exact) mass is 328 g/mol. The van der Waals surface area contributed by atoms with Gasteiger partial charge in [-0.3, -0.25) is 9.59 Å². The average molecular weight is 329 g/mol. The van der Waals surface area contributed by atoms with Gasteiger partial charge >= 0.3 is 0 Å². The van der Waals surface area contributed by atoms with E-state index in [2.05, 4.69) is 15.9 Å². The maximum absolute atomic E-state index is 13.2. The minimum absolute atomic E-state index is 0.216. The summed E-state index contributed by atoms with van der Waals surface area (Å²) < 4.78 is 13.8. The third kappa shape index (κ3) is 2.94. The average Bonchev–Trinajstić information content (AvgIpc) is 2.40. The summed E-state index contributed by atoms with van der Waals surface area (Å²) in [7, 11) is 0. The van der Waals surface area contributed by atoms with Gasteiger partial charge in [-0.05, 0) is 53.4 Å². The molecule has 102 valence electrons. The van der Waals surface area contributed by atoms with Crippen molar-refractivity contribution in [1.82, 2.24) is 4.90 Å². The molecule has 0 bridgehead atoms. The predicted molar refractivity (Wildman–Crippen MR) is 72.0 cm³/mol. The lowest BCUT2D eigenvalue weighted by Crippen LogP contribution is -2.50. The Balaban J connectivity index is 2.31. The van der Waals surface area contributed by atoms with Crippen molar-refractivity contribution >= 4 is 27.7 Å². The summed E-state index contributed by atoms with van der Waals surface area (Å²) in [6, 6.07) is 3.31. The van der Waals surface area contributed by atoms with Crippen LogP contribution in [0.2, 0.25) is 0 Å². The fourth-order valence-corrected chi connectivity index (χ4v) is 2.70. The summed E-state index contributed by atoms with van der Waals surface area (Å²) in [6.45, 7) is 0.468. The fraction of sp³-hybridized carbons (Fsp3) is 0.385. The third-order valence-corrected chi connectivity index (χ3v) is 3.94. The molecular formula is C13H14BrFN2O2. The first-order valence-corrected chi connectivity index (χ1v) is 6.85. The van der Waals surface area contributed by atoms with Gasteiger partial charge in [-0.25, -0.2) is 4.39 Å². The van der Waals surface area contributed by atoms with Crippen molar-refractivity contribution in [1.29, 1.82) is 0 Å². The number of hydrogen-bond donors (Lipinski definition) is 1. The number of piperidine rings is 1. The second-order valence-corrected chi connectivity index (χ2v) is 5.39. The van der Waals surface area contributed by atoms with Crippen molar-refractivity contribution in [2.45, 2.75) is 25.3 Å². The maximum atomic E-state index is 13.2. The zero-order chi connectivity index (χ0) is 14.0. The standard InChI is InChI=1S/C13H14BrFN2O2/c14-10-5-4-8(15)7-9(10)13(19)17-6-2-1-3-11(17)12(16)18/h4-5,7,11H,1-3,6H2,(H2,16,18). The van der Waals surface area contributed by atoms with Gasteiger partial charge in [0.05, 0.1) is 5.56 Å². The van der Waals surface area contributed by atoms with Gasteiger partial charge in [-0.15, -0.1) is 0 Å². The van der Waals surface area contributed by atoms with Crippen LogP contribution >= 0.6 is 15.9 Å². The Bertz CT molecular complexity index is 521. The Kier molecular flexibility index (Phi) is 4.19. The van der Waals surface area contributed by atoms with Crippen molar-refractivity contribution < 1.29 is 14.0 Å². The summed E-state index contributed by atoms with van der Waals surface area (Å²) in [6.07, 6.45) is 2.25. The molecule has 2 amide bonds. The number of halogens is 2. The molecule has 1 aliphatic heterocycles. The Morgan fingerprint density at radius 1 is 1.37 bits per heavy atom. The van der Waals surface area contributed by atoms with Gasteiger partial charge in [0.1, 0.15) is 11.9 Å². The smallest absolute Gasteiger partial charge is 0.255 e. The van der Waals surface area contributed by atoms with E-state index in [1.54, 1.807) is 0 Å². The van der Waals surface area contributed by atoms with Crippen LogP contribution in [-0.4, -0.2) is 29.3 Å². The van der Waals surface area contributed by atoms with Crippen LogP contribution in [0.15, 0.2) is 22.7 Å². The molecule has 0 saturated carbocycles. The second-order valence-electron chi connectivity index (χ2n) is 4.54. The molecule has 1 aliphatic rings. The highest BCUT2D eigenvalue weighted by Crippen LogP contribution is 2.24. The van der Waals surface area contributed by atoms with Crippen LogP contribution in [0.25, 0.3) is 0 Å². The quantitative estimate of drug-likeness (QED) is 0.903. The highest BCUT2D eigenvalue weighted by molar-refractivity contribution is 9.10. The Hall–Kier alpha value is -1.43. The fourth-order valence-electron chi connectivity index (χ4n) is 2.29. The molecule has 1 atom stereocenters. The lowest BCUT2D eigenvalue weighted by Gasteiger charge is -2.33. The molecule has 2 rings (SSSR count). The van der Waals surface area contributed by atoms with E-state index in [9.17, 15) is 14.0 Å². The van der Waals surface area contributed by atoms with Crippen LogP contribution in [0.1, 0.15) is 29.6 Å². The Morgan fingerprint density at radius 2 is 2.11 bits per heavy atom. The van der Waals surface area contributed by atoms with E-state index in [4.69, 9.17) is 5.73 Å². The van der Waals surface area contributed by atoms with Gasteiger partial charge in [0.2, 0.25) is 5.91 Å². The molecular weight excluding hydrogens is 315 g/mol. The molecule has 4 nitrogen and oxygen atoms in total. The predicted octanol–water partition coefficient (Wildman–Crippen LogP) is 2.07. The van der Waals surface area contributed by atoms with E-state index in [1.165, 1.54) is 23.1 Å². The highest BCUT2D eigenvalue weighted by Gasteiger charge is 2.32. The molecule has 0 aliphatic carbocycles. The van der Waals surface area contributed by atoms with Crippen LogP contribution in [0, 0.1) is 5.82 Å². The molecule has 0 radical (unpaired) electrons. The molecule has 1 fully saturated rings. The minimum atomic E-state index is -0.601. The SMILES string of the molecule is NC(=O)C1CCCCN1C(=O)c1cc(F)ccc1Br. The van der Waals surface area contributed by atoms with Crippen LogP contribution in [0.5, 0.6) is 0 Å². The van der Waals surface area contributed by atoms with Crippen LogP contribution in [0.3, 0.4) is 0 Å². The normalized spacial score (nSPS) is 19.3. The lowest BCUT2D eigenvalue weighted by molar-refractivity contribution is -0.123. The van der Waals surface area contributed by atoms with Gasteiger partial charge in [-0.1, -0.05) is 0 Å². The first-order valence-electron chi connectivity index (χ1n) is 6.06. The number of hydrogen-bond acceptors (Lipinski definition) is 2. The van der Waals surface area contributed by atoms with Gasteiger partial charge < -0.3 is 10.6 Å². The molecule has 1 aromatic carbocycles. The van der Waals surface area contributed by atoms with Crippen LogP contribution in [0.4, 0.5) is 4.39 Å². The molecule has 1 heterocycles. The third-order valence-electron chi connectivity index (χ3n) is 3.25. The second kappa shape index (κ2) is 5.69. The molecule has 1 saturated heterocycles. The van der Waals surface area contributed by atoms with E-state index in [0.29, 0.717) is 17.4 Å². The number of nitrogens with two attached hydrogens (primary N) is 1. The number of carbonyl (C=O) groups is 2. The summed E-state index contributed by atoms with van der Waals surface area (Å²) in [5.74, 6) is -1.37. The molecule has 0 aromatic heterocycles. The molecule has 0 spiro atoms. The zero-order valence-electron chi connectivity index (χ0n) is 10.2. The number of primary amides is 1. The minimum Gasteiger partial charge on any atom is -0.368 e. The first kappa shape index (κ1) is 14.0. The van der Waals surface area contributed by atoms with Gasteiger partial charge in [0, 0.05) is 11.0 Å². The largest absolute Gasteiger partial charge is 0.368 e. The maximum Gasteiger partial charge on any atom is 0.255 e. The van der Waals surface area contributed by atoms with Gasteiger partial charge in [-0.2, -0.15) is 0 Å². The van der Waals surface area contributed by atoms with Crippen molar-refractivity contribution in [3.05, 3.63) is 34.1 Å². The molecule has 19 heavy (non-hydrogen) atoms. The molecule has 6 heteroatoms. The zero-order valence-corrected chi connectivity index (χ0v) is 11.8. The van der Waals surface area contributed by atoms with E-state index in [1.807, 2.05) is 0 Å². The van der Waals surface area contributed by atoms with Crippen molar-refractivity contribution in [2.75, 3.05) is 6.54 Å². The van der Waals surface area contributed by atoms with Crippen LogP contribution in [-0.2, 0) is 4.79 Å². The van der Waals surface area contributed by atoms with E-state index >= 15 is 0 Å². The van der Waals surface area contributed by atoms with Crippen molar-refractivity contribution in [2.24, 2.45) is 5.73 Å².